The van der Waals surface area contributed by atoms with Crippen molar-refractivity contribution < 1.29 is 4.79 Å². The molecule has 0 spiro atoms. The molecular formula is C11H20N2OS. The Kier molecular flexibility index (Phi) is 4.51. The minimum absolute atomic E-state index is 0.0266. The van der Waals surface area contributed by atoms with E-state index in [1.807, 2.05) is 0 Å². The van der Waals surface area contributed by atoms with Crippen LogP contribution in [0.5, 0.6) is 0 Å². The lowest BCUT2D eigenvalue weighted by Crippen LogP contribution is -2.45. The number of hydrogen-bond donors (Lipinski definition) is 2. The third-order valence-corrected chi connectivity index (χ3v) is 3.61. The Morgan fingerprint density at radius 3 is 2.60 bits per heavy atom. The largest absolute Gasteiger partial charge is 0.393 e. The minimum atomic E-state index is -0.353. The molecule has 3 atom stereocenters. The molecule has 0 aromatic carbocycles. The third-order valence-electron chi connectivity index (χ3n) is 3.26. The third kappa shape index (κ3) is 3.45. The van der Waals surface area contributed by atoms with Gasteiger partial charge in [-0.15, -0.1) is 0 Å². The fraction of sp³-hybridized carbons (Fsp3) is 0.818. The molecule has 15 heavy (non-hydrogen) atoms. The van der Waals surface area contributed by atoms with E-state index in [1.54, 1.807) is 6.92 Å². The van der Waals surface area contributed by atoms with Crippen molar-refractivity contribution in [1.82, 2.24) is 5.32 Å². The van der Waals surface area contributed by atoms with Gasteiger partial charge < -0.3 is 11.1 Å². The molecule has 86 valence electrons. The molecule has 3 unspecified atom stereocenters. The molecule has 0 radical (unpaired) electrons. The molecule has 1 saturated carbocycles. The van der Waals surface area contributed by atoms with E-state index in [1.165, 1.54) is 19.3 Å². The van der Waals surface area contributed by atoms with Crippen LogP contribution in [0.4, 0.5) is 0 Å². The van der Waals surface area contributed by atoms with Crippen molar-refractivity contribution in [3.8, 4) is 0 Å². The zero-order valence-corrected chi connectivity index (χ0v) is 10.3. The van der Waals surface area contributed by atoms with Gasteiger partial charge in [0.15, 0.2) is 0 Å². The van der Waals surface area contributed by atoms with E-state index in [-0.39, 0.29) is 16.8 Å². The maximum Gasteiger partial charge on any atom is 0.229 e. The summed E-state index contributed by atoms with van der Waals surface area (Å²) >= 11 is 4.81. The number of amides is 1. The molecule has 4 heteroatoms. The molecular weight excluding hydrogens is 208 g/mol. The summed E-state index contributed by atoms with van der Waals surface area (Å²) in [7, 11) is 0. The second-order valence-electron chi connectivity index (χ2n) is 4.50. The molecule has 3 nitrogen and oxygen atoms in total. The predicted octanol–water partition coefficient (Wildman–Crippen LogP) is 1.60. The van der Waals surface area contributed by atoms with Crippen molar-refractivity contribution in [2.75, 3.05) is 0 Å². The Balaban J connectivity index is 2.46. The monoisotopic (exact) mass is 228 g/mol. The summed E-state index contributed by atoms with van der Waals surface area (Å²) in [6, 6.07) is 0.308. The molecule has 0 aliphatic heterocycles. The van der Waals surface area contributed by atoms with E-state index in [2.05, 4.69) is 12.2 Å². The van der Waals surface area contributed by atoms with Crippen molar-refractivity contribution in [2.24, 2.45) is 17.6 Å². The maximum absolute atomic E-state index is 11.7. The predicted molar refractivity (Wildman–Crippen MR) is 65.5 cm³/mol. The number of thiocarbonyl (C=S) groups is 1. The average molecular weight is 228 g/mol. The molecule has 0 saturated heterocycles. The van der Waals surface area contributed by atoms with Crippen LogP contribution in [0.15, 0.2) is 0 Å². The number of carbonyl (C=O) groups is 1. The van der Waals surface area contributed by atoms with Gasteiger partial charge in [0, 0.05) is 6.04 Å². The van der Waals surface area contributed by atoms with Crippen LogP contribution >= 0.6 is 12.2 Å². The number of carbonyl (C=O) groups excluding carboxylic acids is 1. The molecule has 1 aliphatic carbocycles. The van der Waals surface area contributed by atoms with Gasteiger partial charge in [0.2, 0.25) is 5.91 Å². The fourth-order valence-electron chi connectivity index (χ4n) is 1.97. The lowest BCUT2D eigenvalue weighted by molar-refractivity contribution is -0.123. The molecule has 1 rings (SSSR count). The van der Waals surface area contributed by atoms with Crippen molar-refractivity contribution in [2.45, 2.75) is 45.6 Å². The summed E-state index contributed by atoms with van der Waals surface area (Å²) < 4.78 is 0. The van der Waals surface area contributed by atoms with Crippen molar-refractivity contribution in [1.29, 1.82) is 0 Å². The first-order chi connectivity index (χ1) is 7.02. The normalized spacial score (nSPS) is 28.1. The van der Waals surface area contributed by atoms with E-state index in [4.69, 9.17) is 18.0 Å². The average Bonchev–Trinajstić information content (AvgIpc) is 2.20. The van der Waals surface area contributed by atoms with Gasteiger partial charge in [0.05, 0.1) is 10.9 Å². The number of hydrogen-bond acceptors (Lipinski definition) is 2. The number of nitrogens with two attached hydrogens (primary N) is 1. The molecule has 0 aromatic heterocycles. The van der Waals surface area contributed by atoms with Crippen molar-refractivity contribution in [3.63, 3.8) is 0 Å². The molecule has 0 bridgehead atoms. The zero-order valence-electron chi connectivity index (χ0n) is 9.45. The van der Waals surface area contributed by atoms with E-state index in [9.17, 15) is 4.79 Å². The van der Waals surface area contributed by atoms with Gasteiger partial charge in [-0.3, -0.25) is 4.79 Å². The summed E-state index contributed by atoms with van der Waals surface area (Å²) in [5.41, 5.74) is 5.45. The number of rotatable bonds is 3. The topological polar surface area (TPSA) is 55.1 Å². The van der Waals surface area contributed by atoms with Gasteiger partial charge in [-0.25, -0.2) is 0 Å². The van der Waals surface area contributed by atoms with Gasteiger partial charge in [-0.2, -0.15) is 0 Å². The van der Waals surface area contributed by atoms with Crippen LogP contribution in [-0.4, -0.2) is 16.9 Å². The van der Waals surface area contributed by atoms with Gasteiger partial charge in [0.1, 0.15) is 0 Å². The van der Waals surface area contributed by atoms with Gasteiger partial charge in [-0.1, -0.05) is 32.0 Å². The Morgan fingerprint density at radius 1 is 1.47 bits per heavy atom. The SMILES string of the molecule is CC(C(=O)NC1CCCCC1C)C(N)=S. The van der Waals surface area contributed by atoms with E-state index in [0.717, 1.165) is 6.42 Å². The van der Waals surface area contributed by atoms with Crippen LogP contribution in [0.1, 0.15) is 39.5 Å². The van der Waals surface area contributed by atoms with Crippen LogP contribution in [0.25, 0.3) is 0 Å². The van der Waals surface area contributed by atoms with Crippen LogP contribution in [-0.2, 0) is 4.79 Å². The van der Waals surface area contributed by atoms with Gasteiger partial charge in [0.25, 0.3) is 0 Å². The smallest absolute Gasteiger partial charge is 0.229 e. The Morgan fingerprint density at radius 2 is 2.07 bits per heavy atom. The number of nitrogens with one attached hydrogen (secondary N) is 1. The summed E-state index contributed by atoms with van der Waals surface area (Å²) in [5, 5.41) is 3.04. The first kappa shape index (κ1) is 12.4. The first-order valence-electron chi connectivity index (χ1n) is 5.62. The Labute approximate surface area is 96.8 Å². The lowest BCUT2D eigenvalue weighted by atomic mass is 9.85. The van der Waals surface area contributed by atoms with E-state index < -0.39 is 0 Å². The van der Waals surface area contributed by atoms with Crippen LogP contribution in [0, 0.1) is 11.8 Å². The highest BCUT2D eigenvalue weighted by Crippen LogP contribution is 2.23. The Hall–Kier alpha value is -0.640. The van der Waals surface area contributed by atoms with E-state index >= 15 is 0 Å². The molecule has 1 amide bonds. The molecule has 1 aliphatic rings. The maximum atomic E-state index is 11.7. The van der Waals surface area contributed by atoms with Crippen molar-refractivity contribution >= 4 is 23.1 Å². The fourth-order valence-corrected chi connectivity index (χ4v) is 2.07. The van der Waals surface area contributed by atoms with Crippen molar-refractivity contribution in [3.05, 3.63) is 0 Å². The second-order valence-corrected chi connectivity index (χ2v) is 4.97. The Bertz CT molecular complexity index is 255. The first-order valence-corrected chi connectivity index (χ1v) is 6.03. The summed E-state index contributed by atoms with van der Waals surface area (Å²) in [5.74, 6) is 0.191. The van der Waals surface area contributed by atoms with E-state index in [0.29, 0.717) is 12.0 Å². The summed E-state index contributed by atoms with van der Waals surface area (Å²) in [4.78, 5) is 12.0. The highest BCUT2D eigenvalue weighted by atomic mass is 32.1. The molecule has 1 fully saturated rings. The molecule has 0 heterocycles. The van der Waals surface area contributed by atoms with Crippen LogP contribution in [0.2, 0.25) is 0 Å². The molecule has 3 N–H and O–H groups in total. The molecule has 0 aromatic rings. The van der Waals surface area contributed by atoms with Crippen LogP contribution in [0.3, 0.4) is 0 Å². The summed E-state index contributed by atoms with van der Waals surface area (Å²) in [6.07, 6.45) is 4.76. The quantitative estimate of drug-likeness (QED) is 0.721. The summed E-state index contributed by atoms with van der Waals surface area (Å²) in [6.45, 7) is 3.95. The minimum Gasteiger partial charge on any atom is -0.393 e. The standard InChI is InChI=1S/C11H20N2OS/c1-7-5-3-4-6-9(7)13-11(14)8(2)10(12)15/h7-9H,3-6H2,1-2H3,(H2,12,15)(H,13,14). The highest BCUT2D eigenvalue weighted by molar-refractivity contribution is 7.80. The lowest BCUT2D eigenvalue weighted by Gasteiger charge is -2.30. The van der Waals surface area contributed by atoms with Gasteiger partial charge >= 0.3 is 0 Å². The zero-order chi connectivity index (χ0) is 11.4. The van der Waals surface area contributed by atoms with Gasteiger partial charge in [-0.05, 0) is 25.7 Å². The van der Waals surface area contributed by atoms with Crippen LogP contribution < -0.4 is 11.1 Å². The highest BCUT2D eigenvalue weighted by Gasteiger charge is 2.25. The second kappa shape index (κ2) is 5.45.